The number of benzene rings is 1. The van der Waals surface area contributed by atoms with Crippen LogP contribution in [0.25, 0.3) is 0 Å². The van der Waals surface area contributed by atoms with Crippen LogP contribution in [0.3, 0.4) is 0 Å². The molecular formula is C19H26N4O6. The Labute approximate surface area is 168 Å². The summed E-state index contributed by atoms with van der Waals surface area (Å²) in [4.78, 5) is 47.7. The quantitative estimate of drug-likeness (QED) is 0.266. The molecule has 10 heteroatoms. The highest BCUT2D eigenvalue weighted by molar-refractivity contribution is 5.92. The van der Waals surface area contributed by atoms with Gasteiger partial charge in [-0.15, -0.1) is 0 Å². The van der Waals surface area contributed by atoms with Crippen molar-refractivity contribution in [1.29, 1.82) is 0 Å². The van der Waals surface area contributed by atoms with Gasteiger partial charge in [0.2, 0.25) is 17.7 Å². The van der Waals surface area contributed by atoms with Crippen molar-refractivity contribution in [3.63, 3.8) is 0 Å². The van der Waals surface area contributed by atoms with E-state index < -0.39 is 36.5 Å². The van der Waals surface area contributed by atoms with Crippen LogP contribution in [0, 0.1) is 0 Å². The maximum Gasteiger partial charge on any atom is 0.326 e. The van der Waals surface area contributed by atoms with Crippen molar-refractivity contribution in [2.24, 2.45) is 0 Å². The minimum absolute atomic E-state index is 0.0540. The van der Waals surface area contributed by atoms with E-state index in [0.717, 1.165) is 13.0 Å². The number of aliphatic hydroxyl groups excluding tert-OH is 1. The van der Waals surface area contributed by atoms with Crippen LogP contribution >= 0.6 is 0 Å². The summed E-state index contributed by atoms with van der Waals surface area (Å²) in [5.41, 5.74) is 0.716. The number of carboxylic acid groups (broad SMARTS) is 1. The Balaban J connectivity index is 1.84. The van der Waals surface area contributed by atoms with Crippen molar-refractivity contribution < 1.29 is 29.4 Å². The van der Waals surface area contributed by atoms with E-state index in [1.807, 2.05) is 0 Å². The Morgan fingerprint density at radius 3 is 2.41 bits per heavy atom. The van der Waals surface area contributed by atoms with E-state index in [4.69, 9.17) is 0 Å². The highest BCUT2D eigenvalue weighted by Crippen LogP contribution is 2.05. The van der Waals surface area contributed by atoms with Gasteiger partial charge in [0.25, 0.3) is 0 Å². The number of hydrogen-bond acceptors (Lipinski definition) is 6. The van der Waals surface area contributed by atoms with Crippen LogP contribution in [0.5, 0.6) is 0 Å². The lowest BCUT2D eigenvalue weighted by atomic mass is 10.1. The second-order valence-electron chi connectivity index (χ2n) is 6.76. The van der Waals surface area contributed by atoms with Crippen LogP contribution in [-0.2, 0) is 25.6 Å². The summed E-state index contributed by atoms with van der Waals surface area (Å²) in [6.45, 7) is -0.328. The summed E-state index contributed by atoms with van der Waals surface area (Å²) in [5.74, 6) is -3.04. The smallest absolute Gasteiger partial charge is 0.326 e. The molecule has 1 aromatic carbocycles. The van der Waals surface area contributed by atoms with Crippen LogP contribution in [0.1, 0.15) is 18.4 Å². The maximum absolute atomic E-state index is 12.3. The van der Waals surface area contributed by atoms with E-state index in [1.54, 1.807) is 30.3 Å². The first-order chi connectivity index (χ1) is 13.9. The number of carbonyl (C=O) groups is 4. The predicted molar refractivity (Wildman–Crippen MR) is 103 cm³/mol. The average Bonchev–Trinajstić information content (AvgIpc) is 3.25. The van der Waals surface area contributed by atoms with Crippen molar-refractivity contribution >= 4 is 23.7 Å². The predicted octanol–water partition coefficient (Wildman–Crippen LogP) is -1.86. The molecule has 158 valence electrons. The molecule has 0 radical (unpaired) electrons. The summed E-state index contributed by atoms with van der Waals surface area (Å²) in [6, 6.07) is 5.87. The lowest BCUT2D eigenvalue weighted by Crippen LogP contribution is -2.55. The molecule has 0 saturated carbocycles. The van der Waals surface area contributed by atoms with Crippen molar-refractivity contribution in [3.05, 3.63) is 35.9 Å². The van der Waals surface area contributed by atoms with Crippen LogP contribution < -0.4 is 21.3 Å². The van der Waals surface area contributed by atoms with E-state index in [2.05, 4.69) is 21.3 Å². The highest BCUT2D eigenvalue weighted by atomic mass is 16.4. The van der Waals surface area contributed by atoms with Crippen LogP contribution in [0.4, 0.5) is 0 Å². The summed E-state index contributed by atoms with van der Waals surface area (Å²) < 4.78 is 0. The highest BCUT2D eigenvalue weighted by Gasteiger charge is 2.27. The van der Waals surface area contributed by atoms with Gasteiger partial charge >= 0.3 is 5.97 Å². The topological polar surface area (TPSA) is 157 Å². The number of carbonyl (C=O) groups excluding carboxylic acids is 3. The van der Waals surface area contributed by atoms with Crippen LogP contribution in [0.15, 0.2) is 30.3 Å². The SMILES string of the molecule is O=C(CNC(=O)C1CCCN1)NC(CO)C(=O)NC(Cc1ccccc1)C(=O)O. The number of hydrogen-bond donors (Lipinski definition) is 6. The van der Waals surface area contributed by atoms with E-state index in [9.17, 15) is 29.4 Å². The Bertz CT molecular complexity index is 721. The number of rotatable bonds is 10. The molecule has 6 N–H and O–H groups in total. The number of aliphatic carboxylic acids is 1. The normalized spacial score (nSPS) is 17.8. The Kier molecular flexibility index (Phi) is 8.56. The van der Waals surface area contributed by atoms with E-state index in [-0.39, 0.29) is 24.9 Å². The lowest BCUT2D eigenvalue weighted by molar-refractivity contribution is -0.142. The molecule has 1 aromatic rings. The average molecular weight is 406 g/mol. The lowest BCUT2D eigenvalue weighted by Gasteiger charge is -2.20. The summed E-state index contributed by atoms with van der Waals surface area (Å²) >= 11 is 0. The third-order valence-electron chi connectivity index (χ3n) is 4.53. The maximum atomic E-state index is 12.3. The monoisotopic (exact) mass is 406 g/mol. The zero-order valence-corrected chi connectivity index (χ0v) is 15.9. The molecular weight excluding hydrogens is 380 g/mol. The molecule has 0 spiro atoms. The van der Waals surface area contributed by atoms with Gasteiger partial charge in [0.1, 0.15) is 12.1 Å². The van der Waals surface area contributed by atoms with Gasteiger partial charge in [0, 0.05) is 6.42 Å². The van der Waals surface area contributed by atoms with E-state index in [0.29, 0.717) is 12.0 Å². The fraction of sp³-hybridized carbons (Fsp3) is 0.474. The number of amides is 3. The molecule has 0 aromatic heterocycles. The van der Waals surface area contributed by atoms with Crippen LogP contribution in [0.2, 0.25) is 0 Å². The minimum atomic E-state index is -1.33. The van der Waals surface area contributed by atoms with Gasteiger partial charge in [0.15, 0.2) is 0 Å². The summed E-state index contributed by atoms with van der Waals surface area (Å²) in [7, 11) is 0. The molecule has 1 aliphatic heterocycles. The Morgan fingerprint density at radius 1 is 1.10 bits per heavy atom. The summed E-state index contributed by atoms with van der Waals surface area (Å²) in [6.07, 6.45) is 1.62. The molecule has 2 rings (SSSR count). The van der Waals surface area contributed by atoms with Gasteiger partial charge in [-0.1, -0.05) is 30.3 Å². The molecule has 10 nitrogen and oxygen atoms in total. The standard InChI is InChI=1S/C19H26N4O6/c24-11-15(22-16(25)10-21-17(26)13-7-4-8-20-13)18(27)23-14(19(28)29)9-12-5-2-1-3-6-12/h1-3,5-6,13-15,20,24H,4,7-11H2,(H,21,26)(H,22,25)(H,23,27)(H,28,29). The molecule has 3 unspecified atom stereocenters. The number of nitrogens with one attached hydrogen (secondary N) is 4. The molecule has 1 saturated heterocycles. The first kappa shape index (κ1) is 22.3. The van der Waals surface area contributed by atoms with Gasteiger partial charge in [0.05, 0.1) is 19.2 Å². The zero-order chi connectivity index (χ0) is 21.2. The van der Waals surface area contributed by atoms with Crippen molar-refractivity contribution in [2.75, 3.05) is 19.7 Å². The van der Waals surface area contributed by atoms with Gasteiger partial charge in [-0.05, 0) is 24.9 Å². The van der Waals surface area contributed by atoms with E-state index >= 15 is 0 Å². The largest absolute Gasteiger partial charge is 0.480 e. The molecule has 29 heavy (non-hydrogen) atoms. The Hall–Kier alpha value is -2.98. The number of carboxylic acids is 1. The molecule has 1 aliphatic rings. The van der Waals surface area contributed by atoms with Crippen molar-refractivity contribution in [3.8, 4) is 0 Å². The first-order valence-corrected chi connectivity index (χ1v) is 9.39. The molecule has 3 amide bonds. The molecule has 1 heterocycles. The zero-order valence-electron chi connectivity index (χ0n) is 15.9. The molecule has 0 aliphatic carbocycles. The van der Waals surface area contributed by atoms with Gasteiger partial charge < -0.3 is 31.5 Å². The second kappa shape index (κ2) is 11.1. The van der Waals surface area contributed by atoms with Crippen molar-refractivity contribution in [2.45, 2.75) is 37.4 Å². The fourth-order valence-corrected chi connectivity index (χ4v) is 2.96. The van der Waals surface area contributed by atoms with E-state index in [1.165, 1.54) is 0 Å². The first-order valence-electron chi connectivity index (χ1n) is 9.39. The minimum Gasteiger partial charge on any atom is -0.480 e. The van der Waals surface area contributed by atoms with Gasteiger partial charge in [-0.2, -0.15) is 0 Å². The van der Waals surface area contributed by atoms with Gasteiger partial charge in [-0.25, -0.2) is 4.79 Å². The molecule has 3 atom stereocenters. The summed E-state index contributed by atoms with van der Waals surface area (Å²) in [5, 5.41) is 28.8. The third kappa shape index (κ3) is 7.16. The molecule has 1 fully saturated rings. The Morgan fingerprint density at radius 2 is 1.83 bits per heavy atom. The fourth-order valence-electron chi connectivity index (χ4n) is 2.96. The number of aliphatic hydroxyl groups is 1. The second-order valence-corrected chi connectivity index (χ2v) is 6.76. The molecule has 0 bridgehead atoms. The van der Waals surface area contributed by atoms with Gasteiger partial charge in [-0.3, -0.25) is 14.4 Å². The third-order valence-corrected chi connectivity index (χ3v) is 4.53. The van der Waals surface area contributed by atoms with Crippen LogP contribution in [-0.4, -0.2) is 71.7 Å². The van der Waals surface area contributed by atoms with Crippen molar-refractivity contribution in [1.82, 2.24) is 21.3 Å².